The molecule has 0 saturated heterocycles. The van der Waals surface area contributed by atoms with Crippen LogP contribution in [0.3, 0.4) is 0 Å². The number of aromatic amines is 2. The van der Waals surface area contributed by atoms with Gasteiger partial charge in [-0.15, -0.1) is 0 Å². The maximum atomic E-state index is 12.4. The van der Waals surface area contributed by atoms with E-state index in [0.717, 1.165) is 16.6 Å². The Morgan fingerprint density at radius 2 is 2.10 bits per heavy atom. The van der Waals surface area contributed by atoms with E-state index in [1.807, 2.05) is 43.5 Å². The summed E-state index contributed by atoms with van der Waals surface area (Å²) in [6.07, 6.45) is 1.86. The fourth-order valence-electron chi connectivity index (χ4n) is 2.37. The average molecular weight is 267 g/mol. The molecule has 2 heterocycles. The van der Waals surface area contributed by atoms with Crippen LogP contribution in [0.15, 0.2) is 42.6 Å². The Balaban J connectivity index is 1.84. The summed E-state index contributed by atoms with van der Waals surface area (Å²) in [5, 5.41) is 1.07. The van der Waals surface area contributed by atoms with Crippen LogP contribution in [0.4, 0.5) is 0 Å². The van der Waals surface area contributed by atoms with Gasteiger partial charge in [0.05, 0.1) is 6.54 Å². The molecule has 0 aliphatic rings. The Hall–Kier alpha value is -2.49. The highest BCUT2D eigenvalue weighted by molar-refractivity contribution is 5.98. The molecule has 0 fully saturated rings. The molecular formula is C16H17N3O. The third-order valence-corrected chi connectivity index (χ3v) is 3.42. The number of rotatable bonds is 3. The zero-order valence-electron chi connectivity index (χ0n) is 11.6. The highest BCUT2D eigenvalue weighted by Gasteiger charge is 2.14. The standard InChI is InChI=1S/C16H17N3O/c1-11-5-6-14-12(8-11)9-15(18-14)16(20)19(2)10-13-4-3-7-17-13/h3-9,17-18H,10H2,1-2H3. The summed E-state index contributed by atoms with van der Waals surface area (Å²) < 4.78 is 0. The Morgan fingerprint density at radius 1 is 1.25 bits per heavy atom. The summed E-state index contributed by atoms with van der Waals surface area (Å²) in [7, 11) is 1.81. The van der Waals surface area contributed by atoms with E-state index in [-0.39, 0.29) is 5.91 Å². The molecule has 102 valence electrons. The van der Waals surface area contributed by atoms with Gasteiger partial charge in [0.15, 0.2) is 0 Å². The molecule has 0 bridgehead atoms. The van der Waals surface area contributed by atoms with E-state index in [4.69, 9.17) is 0 Å². The molecule has 4 nitrogen and oxygen atoms in total. The monoisotopic (exact) mass is 267 g/mol. The van der Waals surface area contributed by atoms with Crippen molar-refractivity contribution in [1.82, 2.24) is 14.9 Å². The molecule has 0 unspecified atom stereocenters. The van der Waals surface area contributed by atoms with Crippen LogP contribution in [0.25, 0.3) is 10.9 Å². The highest BCUT2D eigenvalue weighted by atomic mass is 16.2. The van der Waals surface area contributed by atoms with E-state index in [0.29, 0.717) is 12.2 Å². The first-order valence-electron chi connectivity index (χ1n) is 6.60. The van der Waals surface area contributed by atoms with Crippen molar-refractivity contribution in [2.75, 3.05) is 7.05 Å². The Morgan fingerprint density at radius 3 is 2.85 bits per heavy atom. The van der Waals surface area contributed by atoms with E-state index in [1.165, 1.54) is 5.56 Å². The molecule has 4 heteroatoms. The number of aromatic nitrogens is 2. The predicted octanol–water partition coefficient (Wildman–Crippen LogP) is 3.08. The van der Waals surface area contributed by atoms with Crippen molar-refractivity contribution in [3.63, 3.8) is 0 Å². The van der Waals surface area contributed by atoms with Gasteiger partial charge < -0.3 is 14.9 Å². The minimum absolute atomic E-state index is 0.00606. The van der Waals surface area contributed by atoms with Gasteiger partial charge in [-0.2, -0.15) is 0 Å². The number of carbonyl (C=O) groups is 1. The number of nitrogens with one attached hydrogen (secondary N) is 2. The van der Waals surface area contributed by atoms with Gasteiger partial charge in [-0.05, 0) is 37.3 Å². The summed E-state index contributed by atoms with van der Waals surface area (Å²) in [5.74, 6) is -0.00606. The van der Waals surface area contributed by atoms with E-state index in [9.17, 15) is 4.79 Å². The first kappa shape index (κ1) is 12.5. The van der Waals surface area contributed by atoms with Gasteiger partial charge in [0.25, 0.3) is 5.91 Å². The second-order valence-electron chi connectivity index (χ2n) is 5.13. The van der Waals surface area contributed by atoms with Crippen LogP contribution < -0.4 is 0 Å². The fraction of sp³-hybridized carbons (Fsp3) is 0.188. The Kier molecular flexibility index (Phi) is 3.06. The van der Waals surface area contributed by atoms with Gasteiger partial charge in [0.1, 0.15) is 5.69 Å². The molecule has 2 N–H and O–H groups in total. The highest BCUT2D eigenvalue weighted by Crippen LogP contribution is 2.18. The van der Waals surface area contributed by atoms with Crippen LogP contribution >= 0.6 is 0 Å². The number of aryl methyl sites for hydroxylation is 1. The predicted molar refractivity (Wildman–Crippen MR) is 79.6 cm³/mol. The third kappa shape index (κ3) is 2.32. The van der Waals surface area contributed by atoms with E-state index in [2.05, 4.69) is 16.0 Å². The molecule has 0 aliphatic heterocycles. The van der Waals surface area contributed by atoms with Crippen LogP contribution in [0.1, 0.15) is 21.7 Å². The number of fused-ring (bicyclic) bond motifs is 1. The lowest BCUT2D eigenvalue weighted by Crippen LogP contribution is -2.26. The molecule has 0 atom stereocenters. The number of amides is 1. The van der Waals surface area contributed by atoms with Crippen LogP contribution in [-0.2, 0) is 6.54 Å². The van der Waals surface area contributed by atoms with E-state index >= 15 is 0 Å². The van der Waals surface area contributed by atoms with Gasteiger partial charge in [-0.25, -0.2) is 0 Å². The van der Waals surface area contributed by atoms with Gasteiger partial charge in [0.2, 0.25) is 0 Å². The molecule has 0 aliphatic carbocycles. The lowest BCUT2D eigenvalue weighted by atomic mass is 10.2. The zero-order chi connectivity index (χ0) is 14.1. The number of nitrogens with zero attached hydrogens (tertiary/aromatic N) is 1. The lowest BCUT2D eigenvalue weighted by molar-refractivity contribution is 0.0779. The Bertz CT molecular complexity index is 740. The van der Waals surface area contributed by atoms with Crippen molar-refractivity contribution in [2.45, 2.75) is 13.5 Å². The molecule has 0 radical (unpaired) electrons. The molecule has 3 aromatic rings. The summed E-state index contributed by atoms with van der Waals surface area (Å²) >= 11 is 0. The third-order valence-electron chi connectivity index (χ3n) is 3.42. The number of benzene rings is 1. The SMILES string of the molecule is Cc1ccc2[nH]c(C(=O)N(C)Cc3ccc[nH]3)cc2c1. The van der Waals surface area contributed by atoms with Crippen LogP contribution in [0.5, 0.6) is 0 Å². The molecule has 2 aromatic heterocycles. The molecule has 20 heavy (non-hydrogen) atoms. The zero-order valence-corrected chi connectivity index (χ0v) is 11.6. The normalized spacial score (nSPS) is 10.9. The van der Waals surface area contributed by atoms with E-state index in [1.54, 1.807) is 11.9 Å². The second kappa shape index (κ2) is 4.89. The minimum Gasteiger partial charge on any atom is -0.364 e. The van der Waals surface area contributed by atoms with Crippen molar-refractivity contribution >= 4 is 16.8 Å². The second-order valence-corrected chi connectivity index (χ2v) is 5.13. The van der Waals surface area contributed by atoms with Gasteiger partial charge in [-0.3, -0.25) is 4.79 Å². The van der Waals surface area contributed by atoms with Crippen LogP contribution in [0.2, 0.25) is 0 Å². The van der Waals surface area contributed by atoms with E-state index < -0.39 is 0 Å². The number of hydrogen-bond acceptors (Lipinski definition) is 1. The smallest absolute Gasteiger partial charge is 0.270 e. The number of H-pyrrole nitrogens is 2. The summed E-state index contributed by atoms with van der Waals surface area (Å²) in [6.45, 7) is 2.62. The van der Waals surface area contributed by atoms with Crippen molar-refractivity contribution in [3.05, 3.63) is 59.5 Å². The lowest BCUT2D eigenvalue weighted by Gasteiger charge is -2.15. The maximum absolute atomic E-state index is 12.4. The van der Waals surface area contributed by atoms with Crippen LogP contribution in [0, 0.1) is 6.92 Å². The average Bonchev–Trinajstić information content (AvgIpc) is 3.06. The van der Waals surface area contributed by atoms with Crippen molar-refractivity contribution in [2.24, 2.45) is 0 Å². The largest absolute Gasteiger partial charge is 0.364 e. The minimum atomic E-state index is -0.00606. The summed E-state index contributed by atoms with van der Waals surface area (Å²) in [6, 6.07) is 11.9. The van der Waals surface area contributed by atoms with Crippen molar-refractivity contribution in [3.8, 4) is 0 Å². The first-order chi connectivity index (χ1) is 9.63. The van der Waals surface area contributed by atoms with Gasteiger partial charge in [0, 0.05) is 29.8 Å². The van der Waals surface area contributed by atoms with Crippen molar-refractivity contribution < 1.29 is 4.79 Å². The quantitative estimate of drug-likeness (QED) is 0.753. The maximum Gasteiger partial charge on any atom is 0.270 e. The summed E-state index contributed by atoms with van der Waals surface area (Å²) in [5.41, 5.74) is 3.83. The number of carbonyl (C=O) groups excluding carboxylic acids is 1. The fourth-order valence-corrected chi connectivity index (χ4v) is 2.37. The van der Waals surface area contributed by atoms with Crippen molar-refractivity contribution in [1.29, 1.82) is 0 Å². The van der Waals surface area contributed by atoms with Gasteiger partial charge in [-0.1, -0.05) is 11.6 Å². The first-order valence-corrected chi connectivity index (χ1v) is 6.60. The van der Waals surface area contributed by atoms with Gasteiger partial charge >= 0.3 is 0 Å². The molecule has 3 rings (SSSR count). The molecule has 0 spiro atoms. The molecule has 1 amide bonds. The number of hydrogen-bond donors (Lipinski definition) is 2. The molecule has 1 aromatic carbocycles. The van der Waals surface area contributed by atoms with Crippen LogP contribution in [-0.4, -0.2) is 27.8 Å². The topological polar surface area (TPSA) is 51.9 Å². The molecular weight excluding hydrogens is 250 g/mol. The molecule has 0 saturated carbocycles. The summed E-state index contributed by atoms with van der Waals surface area (Å²) in [4.78, 5) is 20.4. The Labute approximate surface area is 117 Å².